The van der Waals surface area contributed by atoms with Crippen LogP contribution in [0.3, 0.4) is 0 Å². The van der Waals surface area contributed by atoms with E-state index in [2.05, 4.69) is 52.8 Å². The minimum Gasteiger partial charge on any atom is -0.251 e. The molecular weight excluding hydrogens is 269 g/mol. The van der Waals surface area contributed by atoms with E-state index in [0.29, 0.717) is 0 Å². The third-order valence-electron chi connectivity index (χ3n) is 2.54. The third-order valence-corrected chi connectivity index (χ3v) is 2.54. The predicted octanol–water partition coefficient (Wildman–Crippen LogP) is 5.23. The van der Waals surface area contributed by atoms with E-state index in [1.54, 1.807) is 0 Å². The van der Waals surface area contributed by atoms with Crippen LogP contribution < -0.4 is 0 Å². The van der Waals surface area contributed by atoms with Gasteiger partial charge in [0.05, 0.1) is 0 Å². The maximum Gasteiger partial charge on any atom is 0 e. The van der Waals surface area contributed by atoms with E-state index in [9.17, 15) is 0 Å². The van der Waals surface area contributed by atoms with Crippen molar-refractivity contribution in [3.05, 3.63) is 34.9 Å². The van der Waals surface area contributed by atoms with Gasteiger partial charge < -0.3 is 0 Å². The van der Waals surface area contributed by atoms with Crippen molar-refractivity contribution in [3.63, 3.8) is 0 Å². The largest absolute Gasteiger partial charge is 0.251 e. The molecule has 0 N–H and O–H groups in total. The van der Waals surface area contributed by atoms with E-state index in [1.807, 2.05) is 0 Å². The fraction of sp³-hybridized carbons (Fsp3) is 0.600. The molecule has 0 nitrogen and oxygen atoms in total. The maximum absolute atomic E-state index is 3.42. The number of rotatable bonds is 6. The molecule has 0 saturated heterocycles. The molecule has 0 fully saturated rings. The molecular formula is C15H25Y-. The van der Waals surface area contributed by atoms with Gasteiger partial charge in [-0.15, -0.1) is 5.57 Å². The molecule has 89 valence electrons. The van der Waals surface area contributed by atoms with Gasteiger partial charge in [0.15, 0.2) is 0 Å². The zero-order valence-electron chi connectivity index (χ0n) is 11.6. The van der Waals surface area contributed by atoms with Gasteiger partial charge in [-0.3, -0.25) is 6.08 Å². The van der Waals surface area contributed by atoms with E-state index >= 15 is 0 Å². The van der Waals surface area contributed by atoms with Crippen molar-refractivity contribution in [2.24, 2.45) is 0 Å². The summed E-state index contributed by atoms with van der Waals surface area (Å²) < 4.78 is 0. The Labute approximate surface area is 127 Å². The number of hydrogen-bond acceptors (Lipinski definition) is 0. The molecule has 0 aliphatic carbocycles. The molecule has 0 aromatic heterocycles. The van der Waals surface area contributed by atoms with Crippen LogP contribution >= 0.6 is 0 Å². The van der Waals surface area contributed by atoms with E-state index in [4.69, 9.17) is 0 Å². The zero-order valence-corrected chi connectivity index (χ0v) is 14.4. The second-order valence-corrected chi connectivity index (χ2v) is 3.72. The normalized spacial score (nSPS) is 13.7. The van der Waals surface area contributed by atoms with Crippen LogP contribution in [-0.2, 0) is 32.7 Å². The van der Waals surface area contributed by atoms with Crippen LogP contribution in [-0.4, -0.2) is 0 Å². The molecule has 0 spiro atoms. The summed E-state index contributed by atoms with van der Waals surface area (Å²) in [7, 11) is 0. The Hall–Kier alpha value is 0.324. The Morgan fingerprint density at radius 2 is 1.62 bits per heavy atom. The molecule has 1 radical (unpaired) electrons. The summed E-state index contributed by atoms with van der Waals surface area (Å²) in [5.41, 5.74) is 4.28. The molecule has 0 aromatic carbocycles. The standard InChI is InChI=1S/C15H25.Y/c1-6-10-12-14(8-3)15(9-4)13(5)11-7-2;/h10-11H,6-9H2,1-5H3;/q-1;/b13-11+,15-14-;. The van der Waals surface area contributed by atoms with Crippen LogP contribution in [0.15, 0.2) is 28.9 Å². The summed E-state index contributed by atoms with van der Waals surface area (Å²) in [5, 5.41) is 0. The average Bonchev–Trinajstić information content (AvgIpc) is 2.24. The minimum absolute atomic E-state index is 0. The maximum atomic E-state index is 3.42. The molecule has 0 unspecified atom stereocenters. The fourth-order valence-corrected chi connectivity index (χ4v) is 1.79. The van der Waals surface area contributed by atoms with Gasteiger partial charge in [-0.05, 0) is 6.42 Å². The molecule has 16 heavy (non-hydrogen) atoms. The first-order chi connectivity index (χ1) is 7.21. The molecule has 0 saturated carbocycles. The molecule has 1 heteroatoms. The predicted molar refractivity (Wildman–Crippen MR) is 69.8 cm³/mol. The number of allylic oxidation sites excluding steroid dienone is 6. The van der Waals surface area contributed by atoms with Crippen LogP contribution in [0, 0.1) is 6.08 Å². The molecule has 0 aliphatic heterocycles. The van der Waals surface area contributed by atoms with Crippen molar-refractivity contribution < 1.29 is 32.7 Å². The summed E-state index contributed by atoms with van der Waals surface area (Å²) in [6.07, 6.45) is 12.2. The van der Waals surface area contributed by atoms with E-state index < -0.39 is 0 Å². The van der Waals surface area contributed by atoms with Crippen molar-refractivity contribution in [2.75, 3.05) is 0 Å². The first kappa shape index (κ1) is 18.7. The summed E-state index contributed by atoms with van der Waals surface area (Å²) in [6, 6.07) is 0. The molecule has 0 rings (SSSR count). The Morgan fingerprint density at radius 3 is 2.00 bits per heavy atom. The van der Waals surface area contributed by atoms with Gasteiger partial charge in [0, 0.05) is 32.7 Å². The fourth-order valence-electron chi connectivity index (χ4n) is 1.79. The minimum atomic E-state index is 0. The van der Waals surface area contributed by atoms with Crippen LogP contribution in [0.5, 0.6) is 0 Å². The Bertz CT molecular complexity index is 257. The molecule has 0 amide bonds. The van der Waals surface area contributed by atoms with Gasteiger partial charge >= 0.3 is 0 Å². The Balaban J connectivity index is 0. The van der Waals surface area contributed by atoms with Gasteiger partial charge in [-0.1, -0.05) is 60.0 Å². The second-order valence-electron chi connectivity index (χ2n) is 3.72. The van der Waals surface area contributed by atoms with E-state index in [0.717, 1.165) is 25.7 Å². The van der Waals surface area contributed by atoms with Crippen LogP contribution in [0.2, 0.25) is 0 Å². The van der Waals surface area contributed by atoms with Crippen LogP contribution in [0.25, 0.3) is 0 Å². The molecule has 0 aromatic rings. The average molecular weight is 294 g/mol. The first-order valence-corrected chi connectivity index (χ1v) is 6.18. The van der Waals surface area contributed by atoms with Crippen LogP contribution in [0.4, 0.5) is 0 Å². The Morgan fingerprint density at radius 1 is 1.00 bits per heavy atom. The van der Waals surface area contributed by atoms with Gasteiger partial charge in [0.25, 0.3) is 0 Å². The first-order valence-electron chi connectivity index (χ1n) is 6.18. The molecule has 0 bridgehead atoms. The van der Waals surface area contributed by atoms with E-state index in [-0.39, 0.29) is 32.7 Å². The van der Waals surface area contributed by atoms with Crippen LogP contribution in [0.1, 0.15) is 60.3 Å². The molecule has 0 aliphatic rings. The van der Waals surface area contributed by atoms with Gasteiger partial charge in [0.2, 0.25) is 0 Å². The number of hydrogen-bond donors (Lipinski definition) is 0. The molecule has 0 heterocycles. The summed E-state index contributed by atoms with van der Waals surface area (Å²) >= 11 is 0. The Kier molecular flexibility index (Phi) is 13.8. The van der Waals surface area contributed by atoms with Crippen molar-refractivity contribution >= 4 is 0 Å². The van der Waals surface area contributed by atoms with Gasteiger partial charge in [-0.2, -0.15) is 11.6 Å². The van der Waals surface area contributed by atoms with Crippen molar-refractivity contribution in [2.45, 2.75) is 60.3 Å². The van der Waals surface area contributed by atoms with Crippen molar-refractivity contribution in [1.82, 2.24) is 0 Å². The molecule has 0 atom stereocenters. The third kappa shape index (κ3) is 6.81. The van der Waals surface area contributed by atoms with Crippen molar-refractivity contribution in [3.8, 4) is 0 Å². The SMILES string of the molecule is CCC=[C-]/C(CC)=C(CC)\C(C)=C\CC.[Y]. The monoisotopic (exact) mass is 294 g/mol. The summed E-state index contributed by atoms with van der Waals surface area (Å²) in [4.78, 5) is 0. The smallest absolute Gasteiger partial charge is 0 e. The van der Waals surface area contributed by atoms with Gasteiger partial charge in [-0.25, -0.2) is 5.57 Å². The van der Waals surface area contributed by atoms with E-state index in [1.165, 1.54) is 16.7 Å². The second kappa shape index (κ2) is 11.8. The van der Waals surface area contributed by atoms with Gasteiger partial charge in [0.1, 0.15) is 0 Å². The summed E-state index contributed by atoms with van der Waals surface area (Å²) in [5.74, 6) is 0. The van der Waals surface area contributed by atoms with Crippen molar-refractivity contribution in [1.29, 1.82) is 0 Å². The quantitative estimate of drug-likeness (QED) is 0.465. The topological polar surface area (TPSA) is 0 Å². The zero-order chi connectivity index (χ0) is 11.7. The summed E-state index contributed by atoms with van der Waals surface area (Å²) in [6.45, 7) is 11.0.